The molecule has 0 aliphatic heterocycles. The number of imidazole rings is 1. The minimum atomic E-state index is -0.961. The van der Waals surface area contributed by atoms with E-state index in [0.29, 0.717) is 5.65 Å². The largest absolute Gasteiger partial charge is 0.478 e. The highest BCUT2D eigenvalue weighted by Crippen LogP contribution is 2.42. The first-order valence-corrected chi connectivity index (χ1v) is 6.74. The van der Waals surface area contributed by atoms with Crippen LogP contribution in [0.4, 0.5) is 0 Å². The first kappa shape index (κ1) is 12.1. The molecule has 0 atom stereocenters. The smallest absolute Gasteiger partial charge is 0.337 e. The van der Waals surface area contributed by atoms with Crippen molar-refractivity contribution in [2.75, 3.05) is 0 Å². The predicted molar refractivity (Wildman–Crippen MR) is 71.3 cm³/mol. The fourth-order valence-electron chi connectivity index (χ4n) is 3.08. The summed E-state index contributed by atoms with van der Waals surface area (Å²) in [6.45, 7) is 2.19. The quantitative estimate of drug-likeness (QED) is 0.888. The number of carbonyl (C=O) groups is 1. The summed E-state index contributed by atoms with van der Waals surface area (Å²) in [6.07, 6.45) is 7.18. The summed E-state index contributed by atoms with van der Waals surface area (Å²) in [5, 5.41) is 8.99. The van der Waals surface area contributed by atoms with Crippen molar-refractivity contribution in [1.82, 2.24) is 15.0 Å². The lowest BCUT2D eigenvalue weighted by molar-refractivity contribution is 0.0696. The highest BCUT2D eigenvalue weighted by Gasteiger charge is 2.36. The highest BCUT2D eigenvalue weighted by atomic mass is 16.4. The maximum atomic E-state index is 11.0. The molecule has 1 aliphatic carbocycles. The van der Waals surface area contributed by atoms with Crippen molar-refractivity contribution >= 4 is 17.1 Å². The van der Waals surface area contributed by atoms with Gasteiger partial charge in [-0.15, -0.1) is 0 Å². The van der Waals surface area contributed by atoms with Gasteiger partial charge in [0.15, 0.2) is 5.65 Å². The first-order valence-electron chi connectivity index (χ1n) is 6.74. The first-order chi connectivity index (χ1) is 9.14. The Bertz CT molecular complexity index is 627. The number of hydrogen-bond donors (Lipinski definition) is 2. The van der Waals surface area contributed by atoms with Gasteiger partial charge in [0.2, 0.25) is 0 Å². The van der Waals surface area contributed by atoms with E-state index < -0.39 is 5.97 Å². The van der Waals surface area contributed by atoms with E-state index in [9.17, 15) is 4.79 Å². The second-order valence-electron chi connectivity index (χ2n) is 5.33. The summed E-state index contributed by atoms with van der Waals surface area (Å²) in [6, 6.07) is 1.61. The number of aromatic nitrogens is 3. The molecule has 0 amide bonds. The van der Waals surface area contributed by atoms with Gasteiger partial charge in [-0.3, -0.25) is 0 Å². The van der Waals surface area contributed by atoms with Gasteiger partial charge in [-0.2, -0.15) is 0 Å². The number of rotatable bonds is 3. The molecule has 5 nitrogen and oxygen atoms in total. The molecule has 1 fully saturated rings. The van der Waals surface area contributed by atoms with Gasteiger partial charge < -0.3 is 10.1 Å². The predicted octanol–water partition coefficient (Wildman–Crippen LogP) is 2.88. The zero-order chi connectivity index (χ0) is 13.5. The molecular formula is C14H17N3O2. The number of hydrogen-bond acceptors (Lipinski definition) is 3. The molecule has 0 unspecified atom stereocenters. The van der Waals surface area contributed by atoms with Crippen LogP contribution < -0.4 is 0 Å². The fraction of sp³-hybridized carbons (Fsp3) is 0.500. The minimum Gasteiger partial charge on any atom is -0.478 e. The van der Waals surface area contributed by atoms with E-state index in [2.05, 4.69) is 21.9 Å². The van der Waals surface area contributed by atoms with Gasteiger partial charge in [0, 0.05) is 11.6 Å². The summed E-state index contributed by atoms with van der Waals surface area (Å²) >= 11 is 0. The number of aromatic carboxylic acids is 1. The summed E-state index contributed by atoms with van der Waals surface area (Å²) in [4.78, 5) is 23.0. The Morgan fingerprint density at radius 2 is 2.21 bits per heavy atom. The van der Waals surface area contributed by atoms with Crippen molar-refractivity contribution in [3.63, 3.8) is 0 Å². The topological polar surface area (TPSA) is 78.9 Å². The molecule has 1 aliphatic rings. The Kier molecular flexibility index (Phi) is 2.77. The molecule has 2 aromatic rings. The number of carboxylic acid groups (broad SMARTS) is 1. The van der Waals surface area contributed by atoms with Crippen molar-refractivity contribution in [3.05, 3.63) is 23.7 Å². The van der Waals surface area contributed by atoms with Crippen LogP contribution in [0.15, 0.2) is 12.3 Å². The maximum Gasteiger partial charge on any atom is 0.337 e. The molecule has 1 saturated carbocycles. The fourth-order valence-corrected chi connectivity index (χ4v) is 3.08. The normalized spacial score (nSPS) is 17.9. The molecule has 2 heterocycles. The summed E-state index contributed by atoms with van der Waals surface area (Å²) in [7, 11) is 0. The van der Waals surface area contributed by atoms with Gasteiger partial charge in [-0.05, 0) is 25.3 Å². The Balaban J connectivity index is 2.08. The molecule has 0 saturated heterocycles. The van der Waals surface area contributed by atoms with Crippen LogP contribution in [-0.4, -0.2) is 26.0 Å². The van der Waals surface area contributed by atoms with E-state index in [-0.39, 0.29) is 11.0 Å². The van der Waals surface area contributed by atoms with E-state index in [4.69, 9.17) is 5.11 Å². The van der Waals surface area contributed by atoms with E-state index in [1.807, 2.05) is 0 Å². The Morgan fingerprint density at radius 3 is 2.84 bits per heavy atom. The third kappa shape index (κ3) is 1.89. The van der Waals surface area contributed by atoms with Crippen LogP contribution in [0.3, 0.4) is 0 Å². The molecule has 100 valence electrons. The van der Waals surface area contributed by atoms with Gasteiger partial charge in [0.1, 0.15) is 5.82 Å². The lowest BCUT2D eigenvalue weighted by Gasteiger charge is -2.24. The highest BCUT2D eigenvalue weighted by molar-refractivity contribution is 5.90. The molecule has 5 heteroatoms. The number of nitrogens with zero attached hydrogens (tertiary/aromatic N) is 2. The Labute approximate surface area is 111 Å². The van der Waals surface area contributed by atoms with Gasteiger partial charge in [0.05, 0.1) is 11.1 Å². The van der Waals surface area contributed by atoms with Crippen molar-refractivity contribution in [3.8, 4) is 0 Å². The van der Waals surface area contributed by atoms with Crippen LogP contribution in [0.25, 0.3) is 11.2 Å². The second-order valence-corrected chi connectivity index (χ2v) is 5.33. The van der Waals surface area contributed by atoms with E-state index in [1.54, 1.807) is 6.07 Å². The van der Waals surface area contributed by atoms with Crippen molar-refractivity contribution in [1.29, 1.82) is 0 Å². The van der Waals surface area contributed by atoms with Crippen molar-refractivity contribution in [2.24, 2.45) is 0 Å². The number of fused-ring (bicyclic) bond motifs is 1. The summed E-state index contributed by atoms with van der Waals surface area (Å²) < 4.78 is 0. The van der Waals surface area contributed by atoms with Crippen LogP contribution >= 0.6 is 0 Å². The van der Waals surface area contributed by atoms with Crippen molar-refractivity contribution in [2.45, 2.75) is 44.4 Å². The number of carboxylic acids is 1. The molecule has 2 N–H and O–H groups in total. The minimum absolute atomic E-state index is 0.129. The van der Waals surface area contributed by atoms with Crippen LogP contribution in [-0.2, 0) is 5.41 Å². The van der Waals surface area contributed by atoms with Gasteiger partial charge in [-0.1, -0.05) is 19.8 Å². The molecule has 3 rings (SSSR count). The molecule has 0 spiro atoms. The zero-order valence-electron chi connectivity index (χ0n) is 10.9. The number of H-pyrrole nitrogens is 1. The lowest BCUT2D eigenvalue weighted by Crippen LogP contribution is -2.22. The molecule has 19 heavy (non-hydrogen) atoms. The SMILES string of the molecule is CCC1(c2nc3ncc(C(=O)O)cc3[nH]2)CCCC1. The third-order valence-electron chi connectivity index (χ3n) is 4.32. The summed E-state index contributed by atoms with van der Waals surface area (Å²) in [5.41, 5.74) is 1.65. The molecular weight excluding hydrogens is 242 g/mol. The van der Waals surface area contributed by atoms with E-state index in [0.717, 1.165) is 30.6 Å². The van der Waals surface area contributed by atoms with E-state index >= 15 is 0 Å². The standard InChI is InChI=1S/C14H17N3O2/c1-2-14(5-3-4-6-14)13-16-10-7-9(12(18)19)8-15-11(10)17-13/h7-8H,2-6H2,1H3,(H,18,19)(H,15,16,17). The lowest BCUT2D eigenvalue weighted by atomic mass is 9.83. The Hall–Kier alpha value is -1.91. The second kappa shape index (κ2) is 4.33. The number of pyridine rings is 1. The van der Waals surface area contributed by atoms with Gasteiger partial charge in [0.25, 0.3) is 0 Å². The molecule has 2 aromatic heterocycles. The van der Waals surface area contributed by atoms with Crippen LogP contribution in [0.2, 0.25) is 0 Å². The number of nitrogens with one attached hydrogen (secondary N) is 1. The van der Waals surface area contributed by atoms with Gasteiger partial charge >= 0.3 is 5.97 Å². The van der Waals surface area contributed by atoms with Crippen molar-refractivity contribution < 1.29 is 9.90 Å². The van der Waals surface area contributed by atoms with Gasteiger partial charge in [-0.25, -0.2) is 14.8 Å². The molecule has 0 radical (unpaired) electrons. The van der Waals surface area contributed by atoms with Crippen LogP contribution in [0, 0.1) is 0 Å². The van der Waals surface area contributed by atoms with Crippen LogP contribution in [0.1, 0.15) is 55.2 Å². The van der Waals surface area contributed by atoms with E-state index in [1.165, 1.54) is 19.0 Å². The van der Waals surface area contributed by atoms with Crippen LogP contribution in [0.5, 0.6) is 0 Å². The summed E-state index contributed by atoms with van der Waals surface area (Å²) in [5.74, 6) is 0.00848. The monoisotopic (exact) mass is 259 g/mol. The third-order valence-corrected chi connectivity index (χ3v) is 4.32. The Morgan fingerprint density at radius 1 is 1.47 bits per heavy atom. The number of aromatic amines is 1. The molecule has 0 aromatic carbocycles. The maximum absolute atomic E-state index is 11.0. The average Bonchev–Trinajstić information content (AvgIpc) is 3.04. The average molecular weight is 259 g/mol. The zero-order valence-corrected chi connectivity index (χ0v) is 10.9. The molecule has 0 bridgehead atoms.